The van der Waals surface area contributed by atoms with Gasteiger partial charge < -0.3 is 10.6 Å². The molecule has 0 aromatic carbocycles. The van der Waals surface area contributed by atoms with Crippen LogP contribution in [0.2, 0.25) is 0 Å². The Morgan fingerprint density at radius 1 is 1.50 bits per heavy atom. The normalized spacial score (nSPS) is 21.1. The molecule has 3 N–H and O–H groups in total. The van der Waals surface area contributed by atoms with E-state index in [0.717, 1.165) is 25.2 Å². The summed E-state index contributed by atoms with van der Waals surface area (Å²) in [7, 11) is 0. The molecule has 18 heavy (non-hydrogen) atoms. The molecule has 6 heteroatoms. The van der Waals surface area contributed by atoms with Crippen LogP contribution < -0.4 is 5.73 Å². The number of carbonyl (C=O) groups excluding carboxylic acids is 1. The molecular formula is C12H21N5O. The minimum atomic E-state index is -0.135. The standard InChI is InChI=1S/C12H21N5O/c1-12(2,3)11-14-9(15-16-11)10(18)17-6-4-5-8(13)7-17/h8H,4-7,13H2,1-3H3,(H,14,15,16). The predicted molar refractivity (Wildman–Crippen MR) is 68.2 cm³/mol. The third-order valence-electron chi connectivity index (χ3n) is 3.13. The van der Waals surface area contributed by atoms with Gasteiger partial charge in [-0.05, 0) is 12.8 Å². The van der Waals surface area contributed by atoms with E-state index in [0.29, 0.717) is 6.54 Å². The van der Waals surface area contributed by atoms with E-state index < -0.39 is 0 Å². The minimum Gasteiger partial charge on any atom is -0.334 e. The number of aromatic amines is 1. The van der Waals surface area contributed by atoms with Crippen molar-refractivity contribution in [2.75, 3.05) is 13.1 Å². The zero-order valence-corrected chi connectivity index (χ0v) is 11.2. The third-order valence-corrected chi connectivity index (χ3v) is 3.13. The molecule has 1 aliphatic rings. The highest BCUT2D eigenvalue weighted by Gasteiger charge is 2.27. The number of nitrogens with one attached hydrogen (secondary N) is 1. The summed E-state index contributed by atoms with van der Waals surface area (Å²) >= 11 is 0. The summed E-state index contributed by atoms with van der Waals surface area (Å²) in [6.45, 7) is 7.42. The van der Waals surface area contributed by atoms with Gasteiger partial charge in [-0.15, -0.1) is 5.10 Å². The summed E-state index contributed by atoms with van der Waals surface area (Å²) in [6.07, 6.45) is 1.93. The molecule has 2 heterocycles. The van der Waals surface area contributed by atoms with Crippen molar-refractivity contribution >= 4 is 5.91 Å². The fourth-order valence-electron chi connectivity index (χ4n) is 2.03. The fraction of sp³-hybridized carbons (Fsp3) is 0.750. The predicted octanol–water partition coefficient (Wildman–Crippen LogP) is 0.665. The first-order valence-electron chi connectivity index (χ1n) is 6.35. The van der Waals surface area contributed by atoms with Crippen LogP contribution in [0.15, 0.2) is 0 Å². The number of aromatic nitrogens is 3. The first-order valence-corrected chi connectivity index (χ1v) is 6.35. The maximum atomic E-state index is 12.2. The zero-order valence-electron chi connectivity index (χ0n) is 11.2. The smallest absolute Gasteiger partial charge is 0.293 e. The van der Waals surface area contributed by atoms with Crippen LogP contribution in [0.1, 0.15) is 50.1 Å². The first kappa shape index (κ1) is 13.0. The zero-order chi connectivity index (χ0) is 13.3. The molecule has 1 atom stereocenters. The third kappa shape index (κ3) is 2.69. The van der Waals surface area contributed by atoms with Crippen LogP contribution in [-0.4, -0.2) is 45.1 Å². The first-order chi connectivity index (χ1) is 8.38. The van der Waals surface area contributed by atoms with Gasteiger partial charge in [0.2, 0.25) is 5.82 Å². The van der Waals surface area contributed by atoms with Crippen LogP contribution >= 0.6 is 0 Å². The molecule has 0 bridgehead atoms. The minimum absolute atomic E-state index is 0.0729. The largest absolute Gasteiger partial charge is 0.334 e. The highest BCUT2D eigenvalue weighted by Crippen LogP contribution is 2.18. The molecular weight excluding hydrogens is 230 g/mol. The van der Waals surface area contributed by atoms with Crippen molar-refractivity contribution in [3.8, 4) is 0 Å². The maximum absolute atomic E-state index is 12.2. The molecule has 2 rings (SSSR count). The lowest BCUT2D eigenvalue weighted by Gasteiger charge is -2.29. The summed E-state index contributed by atoms with van der Waals surface area (Å²) in [5, 5.41) is 6.85. The lowest BCUT2D eigenvalue weighted by Crippen LogP contribution is -2.46. The highest BCUT2D eigenvalue weighted by molar-refractivity contribution is 5.90. The number of nitrogens with zero attached hydrogens (tertiary/aromatic N) is 3. The molecule has 1 amide bonds. The van der Waals surface area contributed by atoms with E-state index in [1.54, 1.807) is 4.90 Å². The molecule has 1 aliphatic heterocycles. The van der Waals surface area contributed by atoms with Gasteiger partial charge in [-0.25, -0.2) is 4.98 Å². The molecule has 1 aromatic heterocycles. The van der Waals surface area contributed by atoms with Gasteiger partial charge in [0.1, 0.15) is 5.82 Å². The summed E-state index contributed by atoms with van der Waals surface area (Å²) in [4.78, 5) is 18.2. The summed E-state index contributed by atoms with van der Waals surface area (Å²) in [5.74, 6) is 0.845. The van der Waals surface area contributed by atoms with Crippen molar-refractivity contribution < 1.29 is 4.79 Å². The van der Waals surface area contributed by atoms with Crippen molar-refractivity contribution in [3.05, 3.63) is 11.6 Å². The molecule has 0 saturated carbocycles. The van der Waals surface area contributed by atoms with Crippen molar-refractivity contribution in [1.82, 2.24) is 20.1 Å². The molecule has 1 saturated heterocycles. The van der Waals surface area contributed by atoms with E-state index in [1.807, 2.05) is 20.8 Å². The Hall–Kier alpha value is -1.43. The van der Waals surface area contributed by atoms with E-state index in [1.165, 1.54) is 0 Å². The SMILES string of the molecule is CC(C)(C)c1nc(C(=O)N2CCCC(N)C2)n[nH]1. The number of amides is 1. The lowest BCUT2D eigenvalue weighted by molar-refractivity contribution is 0.0696. The van der Waals surface area contributed by atoms with Gasteiger partial charge in [0, 0.05) is 24.5 Å². The van der Waals surface area contributed by atoms with E-state index in [2.05, 4.69) is 15.2 Å². The second-order valence-corrected chi connectivity index (χ2v) is 5.91. The Labute approximate surface area is 107 Å². The van der Waals surface area contributed by atoms with Gasteiger partial charge in [-0.2, -0.15) is 0 Å². The Kier molecular flexibility index (Phi) is 3.38. The average molecular weight is 251 g/mol. The number of nitrogens with two attached hydrogens (primary N) is 1. The van der Waals surface area contributed by atoms with Crippen LogP contribution in [-0.2, 0) is 5.41 Å². The molecule has 0 radical (unpaired) electrons. The Bertz CT molecular complexity index is 434. The van der Waals surface area contributed by atoms with Crippen LogP contribution in [0.3, 0.4) is 0 Å². The molecule has 1 aromatic rings. The number of H-pyrrole nitrogens is 1. The Morgan fingerprint density at radius 3 is 2.78 bits per heavy atom. The van der Waals surface area contributed by atoms with Crippen LogP contribution in [0.4, 0.5) is 0 Å². The summed E-state index contributed by atoms with van der Waals surface area (Å²) < 4.78 is 0. The summed E-state index contributed by atoms with van der Waals surface area (Å²) in [6, 6.07) is 0.0729. The van der Waals surface area contributed by atoms with Crippen molar-refractivity contribution in [3.63, 3.8) is 0 Å². The van der Waals surface area contributed by atoms with E-state index >= 15 is 0 Å². The Balaban J connectivity index is 2.11. The van der Waals surface area contributed by atoms with Crippen molar-refractivity contribution in [2.45, 2.75) is 45.1 Å². The number of carbonyl (C=O) groups is 1. The van der Waals surface area contributed by atoms with E-state index in [4.69, 9.17) is 5.73 Å². The van der Waals surface area contributed by atoms with Crippen LogP contribution in [0.5, 0.6) is 0 Å². The van der Waals surface area contributed by atoms with Gasteiger partial charge in [-0.1, -0.05) is 20.8 Å². The molecule has 1 unspecified atom stereocenters. The number of likely N-dealkylation sites (tertiary alicyclic amines) is 1. The second-order valence-electron chi connectivity index (χ2n) is 5.91. The topological polar surface area (TPSA) is 87.9 Å². The van der Waals surface area contributed by atoms with E-state index in [9.17, 15) is 4.79 Å². The fourth-order valence-corrected chi connectivity index (χ4v) is 2.03. The number of hydrogen-bond acceptors (Lipinski definition) is 4. The Morgan fingerprint density at radius 2 is 2.22 bits per heavy atom. The maximum Gasteiger partial charge on any atom is 0.293 e. The van der Waals surface area contributed by atoms with Gasteiger partial charge in [0.15, 0.2) is 0 Å². The molecule has 0 aliphatic carbocycles. The number of hydrogen-bond donors (Lipinski definition) is 2. The summed E-state index contributed by atoms with van der Waals surface area (Å²) in [5.41, 5.74) is 5.74. The number of rotatable bonds is 1. The van der Waals surface area contributed by atoms with Gasteiger partial charge in [-0.3, -0.25) is 9.89 Å². The van der Waals surface area contributed by atoms with Crippen molar-refractivity contribution in [2.24, 2.45) is 5.73 Å². The monoisotopic (exact) mass is 251 g/mol. The highest BCUT2D eigenvalue weighted by atomic mass is 16.2. The van der Waals surface area contributed by atoms with Crippen LogP contribution in [0.25, 0.3) is 0 Å². The van der Waals surface area contributed by atoms with Gasteiger partial charge >= 0.3 is 0 Å². The number of piperidine rings is 1. The van der Waals surface area contributed by atoms with E-state index in [-0.39, 0.29) is 23.2 Å². The molecule has 1 fully saturated rings. The molecule has 6 nitrogen and oxygen atoms in total. The molecule has 100 valence electrons. The second kappa shape index (κ2) is 4.68. The quantitative estimate of drug-likeness (QED) is 0.767. The van der Waals surface area contributed by atoms with Gasteiger partial charge in [0.25, 0.3) is 5.91 Å². The van der Waals surface area contributed by atoms with Crippen molar-refractivity contribution in [1.29, 1.82) is 0 Å². The van der Waals surface area contributed by atoms with Crippen LogP contribution in [0, 0.1) is 0 Å². The van der Waals surface area contributed by atoms with Gasteiger partial charge in [0.05, 0.1) is 0 Å². The lowest BCUT2D eigenvalue weighted by atomic mass is 9.96. The molecule has 0 spiro atoms. The average Bonchev–Trinajstić information content (AvgIpc) is 2.77.